The molecule has 0 radical (unpaired) electrons. The first-order valence-electron chi connectivity index (χ1n) is 10.00. The van der Waals surface area contributed by atoms with Gasteiger partial charge in [0.05, 0.1) is 13.2 Å². The molecule has 2 fully saturated rings. The fourth-order valence-electron chi connectivity index (χ4n) is 3.90. The van der Waals surface area contributed by atoms with E-state index in [2.05, 4.69) is 53.4 Å². The molecule has 0 aromatic carbocycles. The molecular formula is C19H40IN5O2. The van der Waals surface area contributed by atoms with Gasteiger partial charge in [-0.05, 0) is 32.9 Å². The molecule has 1 atom stereocenters. The number of nitrogens with one attached hydrogen (secondary N) is 2. The maximum absolute atomic E-state index is 5.56. The average Bonchev–Trinajstić information content (AvgIpc) is 2.65. The predicted molar refractivity (Wildman–Crippen MR) is 122 cm³/mol. The Labute approximate surface area is 182 Å². The van der Waals surface area contributed by atoms with Crippen LogP contribution in [0.4, 0.5) is 0 Å². The average molecular weight is 497 g/mol. The summed E-state index contributed by atoms with van der Waals surface area (Å²) in [5.74, 6) is 1.47. The number of morpholine rings is 1. The van der Waals surface area contributed by atoms with Crippen LogP contribution < -0.4 is 10.6 Å². The van der Waals surface area contributed by atoms with Gasteiger partial charge in [0.15, 0.2) is 5.96 Å². The smallest absolute Gasteiger partial charge is 0.191 e. The largest absolute Gasteiger partial charge is 0.381 e. The van der Waals surface area contributed by atoms with Crippen molar-refractivity contribution in [1.82, 2.24) is 20.4 Å². The number of nitrogens with zero attached hydrogens (tertiary/aromatic N) is 3. The Bertz CT molecular complexity index is 436. The van der Waals surface area contributed by atoms with E-state index < -0.39 is 0 Å². The highest BCUT2D eigenvalue weighted by atomic mass is 127. The van der Waals surface area contributed by atoms with Crippen LogP contribution in [0.15, 0.2) is 4.99 Å². The molecule has 2 saturated heterocycles. The van der Waals surface area contributed by atoms with Crippen LogP contribution in [-0.4, -0.2) is 101 Å². The van der Waals surface area contributed by atoms with Gasteiger partial charge >= 0.3 is 0 Å². The van der Waals surface area contributed by atoms with Crippen LogP contribution in [0, 0.1) is 5.92 Å². The summed E-state index contributed by atoms with van der Waals surface area (Å²) in [4.78, 5) is 9.31. The van der Waals surface area contributed by atoms with Gasteiger partial charge in [0.1, 0.15) is 0 Å². The van der Waals surface area contributed by atoms with E-state index in [1.165, 1.54) is 0 Å². The lowest BCUT2D eigenvalue weighted by Crippen LogP contribution is -2.58. The molecular weight excluding hydrogens is 457 g/mol. The van der Waals surface area contributed by atoms with Crippen molar-refractivity contribution in [1.29, 1.82) is 0 Å². The van der Waals surface area contributed by atoms with Crippen molar-refractivity contribution in [2.75, 3.05) is 73.7 Å². The number of hydrogen-bond donors (Lipinski definition) is 2. The number of guanidine groups is 1. The fourth-order valence-corrected chi connectivity index (χ4v) is 3.90. The normalized spacial score (nSPS) is 22.4. The molecule has 2 aliphatic heterocycles. The number of aliphatic imine (C=N–C) groups is 1. The zero-order valence-corrected chi connectivity index (χ0v) is 20.1. The Kier molecular flexibility index (Phi) is 11.4. The van der Waals surface area contributed by atoms with Crippen LogP contribution >= 0.6 is 24.0 Å². The molecule has 1 unspecified atom stereocenters. The number of likely N-dealkylation sites (N-methyl/N-ethyl adjacent to an activating group) is 1. The molecule has 0 spiro atoms. The van der Waals surface area contributed by atoms with Crippen LogP contribution in [0.2, 0.25) is 0 Å². The summed E-state index contributed by atoms with van der Waals surface area (Å²) >= 11 is 0. The molecule has 2 N–H and O–H groups in total. The zero-order valence-electron chi connectivity index (χ0n) is 17.8. The van der Waals surface area contributed by atoms with Crippen molar-refractivity contribution in [3.05, 3.63) is 0 Å². The van der Waals surface area contributed by atoms with Crippen LogP contribution in [0.3, 0.4) is 0 Å². The third kappa shape index (κ3) is 7.30. The van der Waals surface area contributed by atoms with Gasteiger partial charge in [-0.25, -0.2) is 0 Å². The van der Waals surface area contributed by atoms with E-state index in [4.69, 9.17) is 9.47 Å². The van der Waals surface area contributed by atoms with E-state index in [9.17, 15) is 0 Å². The molecule has 2 aliphatic rings. The maximum atomic E-state index is 5.56. The van der Waals surface area contributed by atoms with Gasteiger partial charge in [-0.15, -0.1) is 24.0 Å². The van der Waals surface area contributed by atoms with Crippen molar-refractivity contribution >= 4 is 29.9 Å². The maximum Gasteiger partial charge on any atom is 0.191 e. The Morgan fingerprint density at radius 2 is 1.67 bits per heavy atom. The molecule has 0 saturated carbocycles. The van der Waals surface area contributed by atoms with Gasteiger partial charge < -0.3 is 25.0 Å². The molecule has 27 heavy (non-hydrogen) atoms. The third-order valence-corrected chi connectivity index (χ3v) is 5.94. The van der Waals surface area contributed by atoms with E-state index in [1.54, 1.807) is 0 Å². The van der Waals surface area contributed by atoms with Crippen molar-refractivity contribution < 1.29 is 9.47 Å². The fraction of sp³-hybridized carbons (Fsp3) is 0.947. The van der Waals surface area contributed by atoms with E-state index in [-0.39, 0.29) is 29.5 Å². The van der Waals surface area contributed by atoms with Gasteiger partial charge in [0, 0.05) is 58.0 Å². The lowest BCUT2D eigenvalue weighted by molar-refractivity contribution is -0.00513. The number of ether oxygens (including phenoxy) is 2. The first-order valence-corrected chi connectivity index (χ1v) is 10.00. The quantitative estimate of drug-likeness (QED) is 0.314. The second kappa shape index (κ2) is 12.4. The molecule has 8 heteroatoms. The van der Waals surface area contributed by atoms with Crippen molar-refractivity contribution in [2.24, 2.45) is 10.9 Å². The van der Waals surface area contributed by atoms with Crippen LogP contribution in [0.1, 0.15) is 26.7 Å². The standard InChI is InChI=1S/C19H39N5O2.HI/c1-16(2)17(24-8-12-26-13-9-24)14-21-18(20-3)22-15-19(23(4)5)6-10-25-11-7-19;/h16-17H,6-15H2,1-5H3,(H2,20,21,22);1H. The summed E-state index contributed by atoms with van der Waals surface area (Å²) in [7, 11) is 6.17. The second-order valence-corrected chi connectivity index (χ2v) is 8.00. The molecule has 7 nitrogen and oxygen atoms in total. The molecule has 0 aliphatic carbocycles. The number of hydrogen-bond acceptors (Lipinski definition) is 5. The highest BCUT2D eigenvalue weighted by molar-refractivity contribution is 14.0. The zero-order chi connectivity index (χ0) is 19.0. The van der Waals surface area contributed by atoms with Crippen molar-refractivity contribution in [2.45, 2.75) is 38.3 Å². The third-order valence-electron chi connectivity index (χ3n) is 5.94. The highest BCUT2D eigenvalue weighted by Gasteiger charge is 2.35. The molecule has 0 amide bonds. The van der Waals surface area contributed by atoms with Crippen molar-refractivity contribution in [3.8, 4) is 0 Å². The number of halogens is 1. The lowest BCUT2D eigenvalue weighted by Gasteiger charge is -2.43. The van der Waals surface area contributed by atoms with Crippen LogP contribution in [0.25, 0.3) is 0 Å². The number of rotatable bonds is 7. The summed E-state index contributed by atoms with van der Waals surface area (Å²) in [6.07, 6.45) is 2.10. The predicted octanol–water partition coefficient (Wildman–Crippen LogP) is 1.24. The Balaban J connectivity index is 0.00000364. The Hall–Kier alpha value is -0.160. The molecule has 2 rings (SSSR count). The van der Waals surface area contributed by atoms with Crippen LogP contribution in [-0.2, 0) is 9.47 Å². The molecule has 0 aromatic heterocycles. The van der Waals surface area contributed by atoms with E-state index in [1.807, 2.05) is 7.05 Å². The summed E-state index contributed by atoms with van der Waals surface area (Å²) in [6.45, 7) is 11.7. The summed E-state index contributed by atoms with van der Waals surface area (Å²) in [5.41, 5.74) is 0.136. The minimum absolute atomic E-state index is 0. The summed E-state index contributed by atoms with van der Waals surface area (Å²) < 4.78 is 11.1. The van der Waals surface area contributed by atoms with Gasteiger partial charge in [-0.2, -0.15) is 0 Å². The van der Waals surface area contributed by atoms with Gasteiger partial charge in [-0.3, -0.25) is 9.89 Å². The van der Waals surface area contributed by atoms with Crippen molar-refractivity contribution in [3.63, 3.8) is 0 Å². The topological polar surface area (TPSA) is 61.4 Å². The van der Waals surface area contributed by atoms with E-state index >= 15 is 0 Å². The monoisotopic (exact) mass is 497 g/mol. The SMILES string of the molecule is CN=C(NCC(C(C)C)N1CCOCC1)NCC1(N(C)C)CCOCC1.I. The molecule has 0 aromatic rings. The van der Waals surface area contributed by atoms with Crippen LogP contribution in [0.5, 0.6) is 0 Å². The Morgan fingerprint density at radius 3 is 2.19 bits per heavy atom. The van der Waals surface area contributed by atoms with Gasteiger partial charge in [0.2, 0.25) is 0 Å². The van der Waals surface area contributed by atoms with Gasteiger partial charge in [0.25, 0.3) is 0 Å². The summed E-state index contributed by atoms with van der Waals surface area (Å²) in [6, 6.07) is 0.489. The van der Waals surface area contributed by atoms with Gasteiger partial charge in [-0.1, -0.05) is 13.8 Å². The first kappa shape index (κ1) is 24.9. The molecule has 0 bridgehead atoms. The first-order chi connectivity index (χ1) is 12.5. The minimum Gasteiger partial charge on any atom is -0.381 e. The second-order valence-electron chi connectivity index (χ2n) is 8.00. The van der Waals surface area contributed by atoms with E-state index in [0.29, 0.717) is 12.0 Å². The molecule has 2 heterocycles. The minimum atomic E-state index is 0. The Morgan fingerprint density at radius 1 is 1.07 bits per heavy atom. The lowest BCUT2D eigenvalue weighted by atomic mass is 9.88. The summed E-state index contributed by atoms with van der Waals surface area (Å²) in [5, 5.41) is 7.11. The molecule has 160 valence electrons. The highest BCUT2D eigenvalue weighted by Crippen LogP contribution is 2.25. The van der Waals surface area contributed by atoms with E-state index in [0.717, 1.165) is 71.4 Å².